The number of benzene rings is 1. The fourth-order valence-corrected chi connectivity index (χ4v) is 4.23. The van der Waals surface area contributed by atoms with E-state index in [1.807, 2.05) is 16.8 Å². The Labute approximate surface area is 178 Å². The van der Waals surface area contributed by atoms with Crippen molar-refractivity contribution < 1.29 is 13.6 Å². The molecule has 1 aromatic carbocycles. The van der Waals surface area contributed by atoms with Gasteiger partial charge in [-0.3, -0.25) is 9.20 Å². The van der Waals surface area contributed by atoms with Crippen molar-refractivity contribution in [1.82, 2.24) is 19.4 Å². The van der Waals surface area contributed by atoms with Gasteiger partial charge in [0.25, 0.3) is 5.91 Å². The first-order valence-corrected chi connectivity index (χ1v) is 10.4. The van der Waals surface area contributed by atoms with Crippen LogP contribution >= 0.6 is 0 Å². The summed E-state index contributed by atoms with van der Waals surface area (Å²) in [6, 6.07) is 4.37. The van der Waals surface area contributed by atoms with Gasteiger partial charge in [0, 0.05) is 36.8 Å². The highest BCUT2D eigenvalue weighted by molar-refractivity contribution is 6.03. The van der Waals surface area contributed by atoms with E-state index in [9.17, 15) is 9.18 Å². The number of imidazole rings is 1. The number of hydrogen-bond acceptors (Lipinski definition) is 5. The van der Waals surface area contributed by atoms with E-state index in [1.165, 1.54) is 43.4 Å². The number of anilines is 1. The number of fused-ring (bicyclic) bond motifs is 1. The van der Waals surface area contributed by atoms with Crippen LogP contribution in [0.4, 0.5) is 10.1 Å². The third-order valence-electron chi connectivity index (χ3n) is 5.77. The lowest BCUT2D eigenvalue weighted by molar-refractivity contribution is 0.0994. The number of halogens is 1. The molecule has 1 aliphatic carbocycles. The van der Waals surface area contributed by atoms with E-state index in [-0.39, 0.29) is 11.3 Å². The molecular formula is C23H22FN5O2. The van der Waals surface area contributed by atoms with Gasteiger partial charge in [-0.1, -0.05) is 12.8 Å². The summed E-state index contributed by atoms with van der Waals surface area (Å²) in [4.78, 5) is 25.6. The van der Waals surface area contributed by atoms with Crippen LogP contribution in [0.2, 0.25) is 0 Å². The summed E-state index contributed by atoms with van der Waals surface area (Å²) >= 11 is 0. The molecule has 31 heavy (non-hydrogen) atoms. The summed E-state index contributed by atoms with van der Waals surface area (Å²) < 4.78 is 21.8. The molecule has 1 aliphatic rings. The first kappa shape index (κ1) is 19.4. The molecule has 0 spiro atoms. The molecule has 5 rings (SSSR count). The van der Waals surface area contributed by atoms with Crippen LogP contribution in [0.25, 0.3) is 17.0 Å². The summed E-state index contributed by atoms with van der Waals surface area (Å²) in [6.45, 7) is 3.38. The number of rotatable bonds is 4. The predicted molar refractivity (Wildman–Crippen MR) is 114 cm³/mol. The van der Waals surface area contributed by atoms with Crippen molar-refractivity contribution in [2.45, 2.75) is 45.4 Å². The normalized spacial score (nSPS) is 14.4. The van der Waals surface area contributed by atoms with Gasteiger partial charge in [-0.25, -0.2) is 19.3 Å². The number of aromatic nitrogens is 4. The topological polar surface area (TPSA) is 85.3 Å². The molecule has 8 heteroatoms. The van der Waals surface area contributed by atoms with Gasteiger partial charge >= 0.3 is 0 Å². The SMILES string of the molecule is Cc1nc(C)c(C(=O)Nc2ccc(F)c(-c3cn4cc(C5CCCC5)cnc4n3)c2)o1. The summed E-state index contributed by atoms with van der Waals surface area (Å²) in [5, 5.41) is 2.74. The number of nitrogens with one attached hydrogen (secondary N) is 1. The van der Waals surface area contributed by atoms with E-state index in [0.717, 1.165) is 0 Å². The van der Waals surface area contributed by atoms with Crippen LogP contribution in [0.1, 0.15) is 59.3 Å². The second-order valence-corrected chi connectivity index (χ2v) is 8.00. The van der Waals surface area contributed by atoms with Crippen molar-refractivity contribution in [2.75, 3.05) is 5.32 Å². The summed E-state index contributed by atoms with van der Waals surface area (Å²) in [5.74, 6) is 0.730. The molecule has 1 fully saturated rings. The van der Waals surface area contributed by atoms with Crippen molar-refractivity contribution in [2.24, 2.45) is 0 Å². The molecule has 158 valence electrons. The Hall–Kier alpha value is -3.55. The number of carbonyl (C=O) groups excluding carboxylic acids is 1. The van der Waals surface area contributed by atoms with Gasteiger partial charge in [0.2, 0.25) is 11.5 Å². The molecular weight excluding hydrogens is 397 g/mol. The first-order valence-electron chi connectivity index (χ1n) is 10.4. The van der Waals surface area contributed by atoms with Gasteiger partial charge in [-0.05, 0) is 49.4 Å². The molecule has 0 radical (unpaired) electrons. The van der Waals surface area contributed by atoms with Crippen molar-refractivity contribution >= 4 is 17.4 Å². The number of aryl methyl sites for hydroxylation is 2. The minimum Gasteiger partial charge on any atom is -0.436 e. The molecule has 0 saturated heterocycles. The number of nitrogens with zero attached hydrogens (tertiary/aromatic N) is 4. The van der Waals surface area contributed by atoms with Crippen LogP contribution in [-0.4, -0.2) is 25.3 Å². The van der Waals surface area contributed by atoms with Gasteiger partial charge in [0.05, 0.1) is 11.4 Å². The summed E-state index contributed by atoms with van der Waals surface area (Å²) in [7, 11) is 0. The Morgan fingerprint density at radius 2 is 2.00 bits per heavy atom. The van der Waals surface area contributed by atoms with Crippen LogP contribution in [-0.2, 0) is 0 Å². The molecule has 1 N–H and O–H groups in total. The smallest absolute Gasteiger partial charge is 0.293 e. The number of amides is 1. The highest BCUT2D eigenvalue weighted by atomic mass is 19.1. The highest BCUT2D eigenvalue weighted by Crippen LogP contribution is 2.34. The number of carbonyl (C=O) groups is 1. The monoisotopic (exact) mass is 419 g/mol. The van der Waals surface area contributed by atoms with Crippen molar-refractivity contribution in [3.63, 3.8) is 0 Å². The lowest BCUT2D eigenvalue weighted by Gasteiger charge is -2.08. The summed E-state index contributed by atoms with van der Waals surface area (Å²) in [5.41, 5.74) is 2.87. The van der Waals surface area contributed by atoms with E-state index in [0.29, 0.717) is 34.7 Å². The van der Waals surface area contributed by atoms with Crippen LogP contribution in [0.3, 0.4) is 0 Å². The minimum absolute atomic E-state index is 0.139. The van der Waals surface area contributed by atoms with Gasteiger partial charge in [-0.15, -0.1) is 0 Å². The standard InChI is InChI=1S/C23H22FN5O2/c1-13-21(31-14(2)26-13)22(30)27-17-7-8-19(24)18(9-17)20-12-29-11-16(10-25-23(29)28-20)15-5-3-4-6-15/h7-12,15H,3-6H2,1-2H3,(H,27,30). The Balaban J connectivity index is 1.45. The average Bonchev–Trinajstić information content (AvgIpc) is 3.48. The van der Waals surface area contributed by atoms with Gasteiger partial charge in [-0.2, -0.15) is 0 Å². The average molecular weight is 419 g/mol. The molecule has 1 amide bonds. The zero-order chi connectivity index (χ0) is 21.5. The van der Waals surface area contributed by atoms with Crippen molar-refractivity contribution in [3.8, 4) is 11.3 Å². The van der Waals surface area contributed by atoms with Gasteiger partial charge in [0.15, 0.2) is 5.89 Å². The highest BCUT2D eigenvalue weighted by Gasteiger charge is 2.20. The van der Waals surface area contributed by atoms with E-state index < -0.39 is 11.7 Å². The fraction of sp³-hybridized carbons (Fsp3) is 0.304. The molecule has 0 bridgehead atoms. The quantitative estimate of drug-likeness (QED) is 0.500. The third kappa shape index (κ3) is 3.69. The zero-order valence-electron chi connectivity index (χ0n) is 17.4. The molecule has 4 aromatic rings. The minimum atomic E-state index is -0.437. The Bertz CT molecular complexity index is 1290. The maximum absolute atomic E-state index is 14.6. The predicted octanol–water partition coefficient (Wildman–Crippen LogP) is 5.05. The molecule has 0 aliphatic heterocycles. The summed E-state index contributed by atoms with van der Waals surface area (Å²) in [6.07, 6.45) is 10.5. The molecule has 1 saturated carbocycles. The number of oxazole rings is 1. The molecule has 3 heterocycles. The Morgan fingerprint density at radius 3 is 2.74 bits per heavy atom. The van der Waals surface area contributed by atoms with E-state index in [4.69, 9.17) is 4.42 Å². The van der Waals surface area contributed by atoms with Crippen LogP contribution in [0.5, 0.6) is 0 Å². The van der Waals surface area contributed by atoms with Crippen LogP contribution in [0.15, 0.2) is 41.2 Å². The van der Waals surface area contributed by atoms with Crippen LogP contribution in [0, 0.1) is 19.7 Å². The maximum atomic E-state index is 14.6. The largest absolute Gasteiger partial charge is 0.436 e. The zero-order valence-corrected chi connectivity index (χ0v) is 17.4. The lowest BCUT2D eigenvalue weighted by atomic mass is 10.0. The van der Waals surface area contributed by atoms with Crippen molar-refractivity contribution in [3.05, 3.63) is 65.5 Å². The van der Waals surface area contributed by atoms with E-state index in [2.05, 4.69) is 20.3 Å². The third-order valence-corrected chi connectivity index (χ3v) is 5.77. The number of hydrogen-bond donors (Lipinski definition) is 1. The molecule has 0 atom stereocenters. The maximum Gasteiger partial charge on any atom is 0.293 e. The molecule has 7 nitrogen and oxygen atoms in total. The second-order valence-electron chi connectivity index (χ2n) is 8.00. The van der Waals surface area contributed by atoms with E-state index in [1.54, 1.807) is 26.1 Å². The molecule has 0 unspecified atom stereocenters. The van der Waals surface area contributed by atoms with Gasteiger partial charge in [0.1, 0.15) is 5.82 Å². The van der Waals surface area contributed by atoms with E-state index >= 15 is 0 Å². The van der Waals surface area contributed by atoms with Crippen LogP contribution < -0.4 is 5.32 Å². The lowest BCUT2D eigenvalue weighted by Crippen LogP contribution is -2.12. The van der Waals surface area contributed by atoms with Gasteiger partial charge < -0.3 is 9.73 Å². The molecule has 3 aromatic heterocycles. The first-order chi connectivity index (χ1) is 15.0. The second kappa shape index (κ2) is 7.61. The Morgan fingerprint density at radius 1 is 1.19 bits per heavy atom. The fourth-order valence-electron chi connectivity index (χ4n) is 4.23. The Kier molecular flexibility index (Phi) is 4.77. The van der Waals surface area contributed by atoms with Crippen molar-refractivity contribution in [1.29, 1.82) is 0 Å².